The average Bonchev–Trinajstić information content (AvgIpc) is 2.74. The molecule has 0 saturated heterocycles. The Morgan fingerprint density at radius 2 is 1.55 bits per heavy atom. The van der Waals surface area contributed by atoms with Crippen LogP contribution < -0.4 is 5.73 Å². The highest BCUT2D eigenvalue weighted by Crippen LogP contribution is 2.32. The molecule has 0 amide bonds. The summed E-state index contributed by atoms with van der Waals surface area (Å²) in [5.74, 6) is 0.357. The standard InChI is InChI=1S/C25H20N2O2/c1-16(19-6-2-4-8-22(19)28)10-11-17-12-13-18-14-15-21(27-25(18)24(17)26)20-7-3-5-9-23(20)29/h2-15,28-29H,1,26H2/b11-10-. The van der Waals surface area contributed by atoms with Crippen molar-refractivity contribution < 1.29 is 10.2 Å². The molecule has 0 aliphatic rings. The van der Waals surface area contributed by atoms with E-state index in [1.807, 2.05) is 60.7 Å². The monoisotopic (exact) mass is 380 g/mol. The molecule has 4 nitrogen and oxygen atoms in total. The molecule has 3 aromatic carbocycles. The fourth-order valence-electron chi connectivity index (χ4n) is 3.24. The van der Waals surface area contributed by atoms with E-state index < -0.39 is 0 Å². The van der Waals surface area contributed by atoms with E-state index in [1.54, 1.807) is 24.3 Å². The van der Waals surface area contributed by atoms with Gasteiger partial charge in [0.2, 0.25) is 0 Å². The van der Waals surface area contributed by atoms with E-state index in [-0.39, 0.29) is 11.5 Å². The van der Waals surface area contributed by atoms with E-state index in [1.165, 1.54) is 0 Å². The molecule has 0 aliphatic heterocycles. The number of anilines is 1. The largest absolute Gasteiger partial charge is 0.507 e. The molecule has 1 aromatic heterocycles. The number of phenols is 2. The maximum absolute atomic E-state index is 10.1. The van der Waals surface area contributed by atoms with Gasteiger partial charge in [0.1, 0.15) is 11.5 Å². The van der Waals surface area contributed by atoms with Crippen molar-refractivity contribution >= 4 is 28.2 Å². The fourth-order valence-corrected chi connectivity index (χ4v) is 3.24. The van der Waals surface area contributed by atoms with Crippen LogP contribution in [-0.4, -0.2) is 15.2 Å². The molecule has 0 bridgehead atoms. The normalized spacial score (nSPS) is 11.2. The molecule has 0 radical (unpaired) electrons. The van der Waals surface area contributed by atoms with Gasteiger partial charge in [-0.05, 0) is 35.4 Å². The Bertz CT molecular complexity index is 1260. The number of hydrogen-bond donors (Lipinski definition) is 3. The van der Waals surface area contributed by atoms with Crippen LogP contribution in [0.5, 0.6) is 11.5 Å². The Morgan fingerprint density at radius 1 is 0.862 bits per heavy atom. The van der Waals surface area contributed by atoms with Crippen molar-refractivity contribution in [1.82, 2.24) is 4.98 Å². The molecule has 0 spiro atoms. The number of pyridine rings is 1. The minimum absolute atomic E-state index is 0.174. The van der Waals surface area contributed by atoms with E-state index in [0.717, 1.165) is 10.9 Å². The van der Waals surface area contributed by atoms with Crippen LogP contribution in [0.25, 0.3) is 33.8 Å². The van der Waals surface area contributed by atoms with Gasteiger partial charge in [0.05, 0.1) is 16.9 Å². The van der Waals surface area contributed by atoms with Gasteiger partial charge in [-0.3, -0.25) is 0 Å². The highest BCUT2D eigenvalue weighted by molar-refractivity contribution is 5.96. The predicted molar refractivity (Wildman–Crippen MR) is 119 cm³/mol. The zero-order chi connectivity index (χ0) is 20.4. The summed E-state index contributed by atoms with van der Waals surface area (Å²) in [4.78, 5) is 4.68. The van der Waals surface area contributed by atoms with Crippen LogP contribution in [-0.2, 0) is 0 Å². The van der Waals surface area contributed by atoms with E-state index >= 15 is 0 Å². The lowest BCUT2D eigenvalue weighted by Gasteiger charge is -2.09. The number of hydrogen-bond acceptors (Lipinski definition) is 4. The second-order valence-electron chi connectivity index (χ2n) is 6.73. The van der Waals surface area contributed by atoms with Gasteiger partial charge in [-0.2, -0.15) is 0 Å². The van der Waals surface area contributed by atoms with Crippen molar-refractivity contribution in [2.45, 2.75) is 0 Å². The first kappa shape index (κ1) is 18.3. The molecule has 4 N–H and O–H groups in total. The van der Waals surface area contributed by atoms with Crippen LogP contribution in [0.15, 0.2) is 85.5 Å². The number of para-hydroxylation sites is 2. The van der Waals surface area contributed by atoms with Crippen LogP contribution in [0.4, 0.5) is 5.69 Å². The van der Waals surface area contributed by atoms with Gasteiger partial charge in [0, 0.05) is 16.5 Å². The van der Waals surface area contributed by atoms with Crippen molar-refractivity contribution in [3.8, 4) is 22.8 Å². The molecule has 142 valence electrons. The van der Waals surface area contributed by atoms with Crippen LogP contribution in [0.1, 0.15) is 11.1 Å². The smallest absolute Gasteiger partial charge is 0.124 e. The Kier molecular flexibility index (Phi) is 4.75. The Hall–Kier alpha value is -4.05. The zero-order valence-electron chi connectivity index (χ0n) is 15.7. The van der Waals surface area contributed by atoms with Crippen molar-refractivity contribution in [1.29, 1.82) is 0 Å². The second-order valence-corrected chi connectivity index (χ2v) is 6.73. The molecule has 4 heteroatoms. The number of rotatable bonds is 4. The second kappa shape index (κ2) is 7.52. The summed E-state index contributed by atoms with van der Waals surface area (Å²) in [7, 11) is 0. The highest BCUT2D eigenvalue weighted by Gasteiger charge is 2.09. The van der Waals surface area contributed by atoms with Gasteiger partial charge < -0.3 is 15.9 Å². The summed E-state index contributed by atoms with van der Waals surface area (Å²) in [5.41, 5.74) is 11.1. The summed E-state index contributed by atoms with van der Waals surface area (Å²) in [6, 6.07) is 21.8. The van der Waals surface area contributed by atoms with Crippen LogP contribution in [0.3, 0.4) is 0 Å². The number of aromatic hydroxyl groups is 2. The molecular formula is C25H20N2O2. The molecule has 4 aromatic rings. The molecular weight excluding hydrogens is 360 g/mol. The third-order valence-corrected chi connectivity index (χ3v) is 4.83. The lowest BCUT2D eigenvalue weighted by atomic mass is 10.0. The Balaban J connectivity index is 1.73. The lowest BCUT2D eigenvalue weighted by molar-refractivity contribution is 0.473. The van der Waals surface area contributed by atoms with E-state index in [9.17, 15) is 10.2 Å². The number of nitrogens with two attached hydrogens (primary N) is 1. The number of benzene rings is 3. The van der Waals surface area contributed by atoms with Crippen LogP contribution in [0, 0.1) is 0 Å². The van der Waals surface area contributed by atoms with Crippen molar-refractivity contribution in [3.63, 3.8) is 0 Å². The zero-order valence-corrected chi connectivity index (χ0v) is 15.7. The Labute approximate surface area is 168 Å². The van der Waals surface area contributed by atoms with Gasteiger partial charge in [0.25, 0.3) is 0 Å². The third-order valence-electron chi connectivity index (χ3n) is 4.83. The maximum atomic E-state index is 10.1. The molecule has 0 atom stereocenters. The van der Waals surface area contributed by atoms with Gasteiger partial charge in [-0.15, -0.1) is 0 Å². The van der Waals surface area contributed by atoms with E-state index in [0.29, 0.717) is 33.6 Å². The number of nitrogens with zero attached hydrogens (tertiary/aromatic N) is 1. The van der Waals surface area contributed by atoms with Gasteiger partial charge in [-0.1, -0.05) is 67.3 Å². The minimum Gasteiger partial charge on any atom is -0.507 e. The summed E-state index contributed by atoms with van der Waals surface area (Å²) < 4.78 is 0. The van der Waals surface area contributed by atoms with E-state index in [2.05, 4.69) is 11.6 Å². The van der Waals surface area contributed by atoms with Crippen molar-refractivity contribution in [2.24, 2.45) is 0 Å². The number of fused-ring (bicyclic) bond motifs is 1. The quantitative estimate of drug-likeness (QED) is 0.317. The fraction of sp³-hybridized carbons (Fsp3) is 0. The van der Waals surface area contributed by atoms with Gasteiger partial charge >= 0.3 is 0 Å². The first-order chi connectivity index (χ1) is 14.0. The maximum Gasteiger partial charge on any atom is 0.124 e. The first-order valence-corrected chi connectivity index (χ1v) is 9.17. The first-order valence-electron chi connectivity index (χ1n) is 9.17. The number of allylic oxidation sites excluding steroid dienone is 2. The molecule has 4 rings (SSSR count). The molecule has 0 saturated carbocycles. The number of nitrogen functional groups attached to an aromatic ring is 1. The lowest BCUT2D eigenvalue weighted by Crippen LogP contribution is -1.95. The van der Waals surface area contributed by atoms with Gasteiger partial charge in [-0.25, -0.2) is 4.98 Å². The summed E-state index contributed by atoms with van der Waals surface area (Å²) in [6.07, 6.45) is 3.68. The SMILES string of the molecule is C=C(/C=C\c1ccc2ccc(-c3ccccc3O)nc2c1N)c1ccccc1O. The molecule has 0 fully saturated rings. The van der Waals surface area contributed by atoms with E-state index in [4.69, 9.17) is 5.73 Å². The highest BCUT2D eigenvalue weighted by atomic mass is 16.3. The Morgan fingerprint density at radius 3 is 2.31 bits per heavy atom. The molecule has 1 heterocycles. The van der Waals surface area contributed by atoms with Crippen LogP contribution in [0.2, 0.25) is 0 Å². The topological polar surface area (TPSA) is 79.4 Å². The molecule has 0 aliphatic carbocycles. The molecule has 0 unspecified atom stereocenters. The van der Waals surface area contributed by atoms with Crippen LogP contribution >= 0.6 is 0 Å². The average molecular weight is 380 g/mol. The summed E-state index contributed by atoms with van der Waals surface area (Å²) in [6.45, 7) is 4.03. The number of phenolic OH excluding ortho intramolecular Hbond substituents is 2. The van der Waals surface area contributed by atoms with Crippen molar-refractivity contribution in [2.75, 3.05) is 5.73 Å². The molecule has 29 heavy (non-hydrogen) atoms. The minimum atomic E-state index is 0.174. The number of aromatic nitrogens is 1. The van der Waals surface area contributed by atoms with Gasteiger partial charge in [0.15, 0.2) is 0 Å². The summed E-state index contributed by atoms with van der Waals surface area (Å²) >= 11 is 0. The van der Waals surface area contributed by atoms with Crippen molar-refractivity contribution in [3.05, 3.63) is 96.6 Å². The third kappa shape index (κ3) is 3.56. The summed E-state index contributed by atoms with van der Waals surface area (Å²) in [5, 5.41) is 21.0. The predicted octanol–water partition coefficient (Wildman–Crippen LogP) is 5.62.